The molecule has 2 aromatic carbocycles. The topological polar surface area (TPSA) is 120 Å². The van der Waals surface area contributed by atoms with E-state index in [1.165, 1.54) is 7.11 Å². The number of benzene rings is 2. The van der Waals surface area contributed by atoms with Crippen LogP contribution >= 0.6 is 0 Å². The van der Waals surface area contributed by atoms with Gasteiger partial charge in [-0.2, -0.15) is 0 Å². The molecule has 1 aliphatic heterocycles. The van der Waals surface area contributed by atoms with Crippen LogP contribution in [-0.2, 0) is 43.4 Å². The number of esters is 3. The van der Waals surface area contributed by atoms with E-state index in [1.54, 1.807) is 0 Å². The average molecular weight is 581 g/mol. The molecule has 1 heterocycles. The van der Waals surface area contributed by atoms with Crippen LogP contribution in [0.5, 0.6) is 11.5 Å². The second-order valence-corrected chi connectivity index (χ2v) is 10.4. The molecule has 1 amide bonds. The van der Waals surface area contributed by atoms with Crippen molar-refractivity contribution in [2.24, 2.45) is 0 Å². The molecule has 0 aliphatic carbocycles. The van der Waals surface area contributed by atoms with Crippen LogP contribution in [0.3, 0.4) is 0 Å². The van der Waals surface area contributed by atoms with E-state index in [4.69, 9.17) is 18.9 Å². The molecule has 0 radical (unpaired) electrons. The predicted molar refractivity (Wildman–Crippen MR) is 156 cm³/mol. The van der Waals surface area contributed by atoms with Gasteiger partial charge in [0.05, 0.1) is 13.5 Å². The zero-order valence-electron chi connectivity index (χ0n) is 25.0. The average Bonchev–Trinajstić information content (AvgIpc) is 3.36. The molecule has 2 aromatic rings. The first-order valence-corrected chi connectivity index (χ1v) is 14.0. The Balaban J connectivity index is 1.71. The van der Waals surface area contributed by atoms with Crippen LogP contribution in [-0.4, -0.2) is 63.1 Å². The highest BCUT2D eigenvalue weighted by atomic mass is 16.6. The Morgan fingerprint density at radius 3 is 2.43 bits per heavy atom. The number of fused-ring (bicyclic) bond motifs is 1. The van der Waals surface area contributed by atoms with Gasteiger partial charge in [0.25, 0.3) is 0 Å². The molecule has 226 valence electrons. The fraction of sp³-hybridized carbons (Fsp3) is 0.438. The largest absolute Gasteiger partial charge is 0.496 e. The van der Waals surface area contributed by atoms with E-state index in [1.807, 2.05) is 69.3 Å². The van der Waals surface area contributed by atoms with Crippen molar-refractivity contribution in [3.63, 3.8) is 0 Å². The number of cyclic esters (lactones) is 1. The van der Waals surface area contributed by atoms with Crippen molar-refractivity contribution in [3.05, 3.63) is 69.8 Å². The number of nitrogens with one attached hydrogen (secondary N) is 1. The molecule has 42 heavy (non-hydrogen) atoms. The molecule has 0 saturated carbocycles. The fourth-order valence-corrected chi connectivity index (χ4v) is 4.48. The summed E-state index contributed by atoms with van der Waals surface area (Å²) in [7, 11) is 5.33. The van der Waals surface area contributed by atoms with Crippen LogP contribution in [0.2, 0.25) is 0 Å². The van der Waals surface area contributed by atoms with Gasteiger partial charge in [0.2, 0.25) is 5.91 Å². The van der Waals surface area contributed by atoms with Gasteiger partial charge in [-0.25, -0.2) is 4.79 Å². The molecule has 0 aromatic heterocycles. The minimum atomic E-state index is -0.653. The zero-order valence-corrected chi connectivity index (χ0v) is 25.0. The summed E-state index contributed by atoms with van der Waals surface area (Å²) in [4.78, 5) is 52.0. The minimum absolute atomic E-state index is 0.0495. The Hall–Kier alpha value is -4.18. The number of amides is 1. The highest BCUT2D eigenvalue weighted by Gasteiger charge is 2.34. The van der Waals surface area contributed by atoms with E-state index in [9.17, 15) is 19.2 Å². The molecule has 0 unspecified atom stereocenters. The lowest BCUT2D eigenvalue weighted by Crippen LogP contribution is -2.24. The Morgan fingerprint density at radius 2 is 1.74 bits per heavy atom. The summed E-state index contributed by atoms with van der Waals surface area (Å²) in [5, 5.41) is 2.79. The zero-order chi connectivity index (χ0) is 30.6. The standard InChI is InChI=1S/C32H40N2O8/c1-21(12-15-27(36)40-18-17-34(3)4)11-13-24-30(39-5)22(2)25-20-41-32(38)29(25)31(24)42-28(37)16-14-26(35)33-19-23-9-7-6-8-10-23/h6-11H,12-20H2,1-5H3,(H,33,35)/b21-11+. The van der Waals surface area contributed by atoms with E-state index >= 15 is 0 Å². The maximum atomic E-state index is 12.9. The first-order valence-electron chi connectivity index (χ1n) is 14.0. The normalized spacial score (nSPS) is 12.5. The van der Waals surface area contributed by atoms with Gasteiger partial charge in [0.1, 0.15) is 24.5 Å². The van der Waals surface area contributed by atoms with Crippen molar-refractivity contribution in [2.45, 2.75) is 59.1 Å². The lowest BCUT2D eigenvalue weighted by atomic mass is 9.94. The van der Waals surface area contributed by atoms with Gasteiger partial charge in [-0.15, -0.1) is 0 Å². The monoisotopic (exact) mass is 580 g/mol. The van der Waals surface area contributed by atoms with Gasteiger partial charge in [-0.05, 0) is 51.9 Å². The third-order valence-electron chi connectivity index (χ3n) is 6.91. The van der Waals surface area contributed by atoms with Gasteiger partial charge in [0, 0.05) is 37.1 Å². The first-order chi connectivity index (χ1) is 20.1. The van der Waals surface area contributed by atoms with Crippen LogP contribution in [0.15, 0.2) is 42.0 Å². The van der Waals surface area contributed by atoms with Crippen LogP contribution in [0.25, 0.3) is 0 Å². The molecule has 3 rings (SSSR count). The number of carbonyl (C=O) groups is 4. The number of methoxy groups -OCH3 is 1. The molecule has 0 fully saturated rings. The summed E-state index contributed by atoms with van der Waals surface area (Å²) >= 11 is 0. The van der Waals surface area contributed by atoms with Gasteiger partial charge < -0.3 is 29.2 Å². The quantitative estimate of drug-likeness (QED) is 0.189. The number of ether oxygens (including phenoxy) is 4. The Morgan fingerprint density at radius 1 is 1.02 bits per heavy atom. The number of nitrogens with zero attached hydrogens (tertiary/aromatic N) is 1. The summed E-state index contributed by atoms with van der Waals surface area (Å²) < 4.78 is 22.0. The van der Waals surface area contributed by atoms with Crippen molar-refractivity contribution in [1.29, 1.82) is 0 Å². The number of hydrogen-bond acceptors (Lipinski definition) is 9. The van der Waals surface area contributed by atoms with Gasteiger partial charge in [-0.1, -0.05) is 42.0 Å². The van der Waals surface area contributed by atoms with Crippen molar-refractivity contribution in [2.75, 3.05) is 34.4 Å². The summed E-state index contributed by atoms with van der Waals surface area (Å²) in [6.45, 7) is 5.11. The second kappa shape index (κ2) is 15.7. The molecule has 0 bridgehead atoms. The fourth-order valence-electron chi connectivity index (χ4n) is 4.48. The number of likely N-dealkylation sites (N-methyl/N-ethyl adjacent to an activating group) is 1. The van der Waals surface area contributed by atoms with E-state index in [2.05, 4.69) is 5.32 Å². The van der Waals surface area contributed by atoms with Crippen LogP contribution in [0, 0.1) is 6.92 Å². The van der Waals surface area contributed by atoms with Crippen LogP contribution in [0.1, 0.15) is 65.2 Å². The molecular weight excluding hydrogens is 540 g/mol. The lowest BCUT2D eigenvalue weighted by molar-refractivity contribution is -0.143. The molecule has 0 saturated heterocycles. The van der Waals surface area contributed by atoms with E-state index < -0.39 is 11.9 Å². The first kappa shape index (κ1) is 32.3. The number of carbonyl (C=O) groups excluding carboxylic acids is 4. The minimum Gasteiger partial charge on any atom is -0.496 e. The SMILES string of the molecule is COc1c(C)c2c(c(OC(=O)CCC(=O)NCc3ccccc3)c1C/C=C(\C)CCC(=O)OCCN(C)C)C(=O)OC2. The Bertz CT molecular complexity index is 1320. The molecule has 10 nitrogen and oxygen atoms in total. The molecular formula is C32H40N2O8. The lowest BCUT2D eigenvalue weighted by Gasteiger charge is -2.19. The number of rotatable bonds is 15. The van der Waals surface area contributed by atoms with Gasteiger partial charge in [0.15, 0.2) is 5.75 Å². The van der Waals surface area contributed by atoms with E-state index in [-0.39, 0.29) is 55.5 Å². The number of allylic oxidation sites excluding steroid dienone is 2. The summed E-state index contributed by atoms with van der Waals surface area (Å²) in [6, 6.07) is 9.45. The van der Waals surface area contributed by atoms with E-state index in [0.29, 0.717) is 43.0 Å². The Labute approximate surface area is 247 Å². The van der Waals surface area contributed by atoms with Crippen molar-refractivity contribution in [3.8, 4) is 11.5 Å². The predicted octanol–water partition coefficient (Wildman–Crippen LogP) is 4.05. The maximum absolute atomic E-state index is 12.9. The van der Waals surface area contributed by atoms with Gasteiger partial charge >= 0.3 is 17.9 Å². The second-order valence-electron chi connectivity index (χ2n) is 10.4. The van der Waals surface area contributed by atoms with E-state index in [0.717, 1.165) is 16.7 Å². The molecule has 0 spiro atoms. The van der Waals surface area contributed by atoms with Crippen LogP contribution < -0.4 is 14.8 Å². The molecule has 0 atom stereocenters. The molecule has 10 heteroatoms. The molecule has 1 N–H and O–H groups in total. The highest BCUT2D eigenvalue weighted by molar-refractivity contribution is 5.99. The van der Waals surface area contributed by atoms with Crippen molar-refractivity contribution < 1.29 is 38.1 Å². The van der Waals surface area contributed by atoms with Crippen molar-refractivity contribution in [1.82, 2.24) is 10.2 Å². The van der Waals surface area contributed by atoms with Crippen molar-refractivity contribution >= 4 is 23.8 Å². The highest BCUT2D eigenvalue weighted by Crippen LogP contribution is 2.43. The summed E-state index contributed by atoms with van der Waals surface area (Å²) in [5.41, 5.74) is 3.91. The maximum Gasteiger partial charge on any atom is 0.342 e. The number of hydrogen-bond donors (Lipinski definition) is 1. The third-order valence-corrected chi connectivity index (χ3v) is 6.91. The summed E-state index contributed by atoms with van der Waals surface area (Å²) in [6.07, 6.45) is 2.67. The van der Waals surface area contributed by atoms with Crippen LogP contribution in [0.4, 0.5) is 0 Å². The van der Waals surface area contributed by atoms with Gasteiger partial charge in [-0.3, -0.25) is 14.4 Å². The third kappa shape index (κ3) is 9.17. The summed E-state index contributed by atoms with van der Waals surface area (Å²) in [5.74, 6) is -1.23. The Kier molecular flexibility index (Phi) is 12.1. The smallest absolute Gasteiger partial charge is 0.342 e. The molecule has 1 aliphatic rings.